The van der Waals surface area contributed by atoms with E-state index < -0.39 is 0 Å². The molecule has 0 atom stereocenters. The van der Waals surface area contributed by atoms with Crippen molar-refractivity contribution >= 4 is 0 Å². The van der Waals surface area contributed by atoms with E-state index >= 15 is 0 Å². The topological polar surface area (TPSA) is 51.8 Å². The number of rotatable bonds is 3. The molecule has 1 aromatic heterocycles. The third-order valence-electron chi connectivity index (χ3n) is 2.76. The average Bonchev–Trinajstić information content (AvgIpc) is 2.83. The van der Waals surface area contributed by atoms with Crippen LogP contribution in [0.25, 0.3) is 0 Å². The van der Waals surface area contributed by atoms with Crippen molar-refractivity contribution in [2.75, 3.05) is 0 Å². The first-order chi connectivity index (χ1) is 6.20. The van der Waals surface area contributed by atoms with Crippen molar-refractivity contribution in [2.24, 2.45) is 5.73 Å². The van der Waals surface area contributed by atoms with Crippen LogP contribution >= 0.6 is 0 Å². The monoisotopic (exact) mass is 177 g/mol. The maximum Gasteiger partial charge on any atom is 0.115 e. The van der Waals surface area contributed by atoms with Crippen LogP contribution in [-0.4, -0.2) is 15.5 Å². The molecule has 2 rings (SSSR count). The number of aromatic nitrogens is 2. The molecule has 3 heteroatoms. The second kappa shape index (κ2) is 3.07. The zero-order chi connectivity index (χ0) is 9.31. The Bertz CT molecular complexity index is 305. The summed E-state index contributed by atoms with van der Waals surface area (Å²) in [6.07, 6.45) is 7.88. The molecule has 1 aliphatic carbocycles. The molecule has 0 amide bonds. The van der Waals surface area contributed by atoms with E-state index in [1.807, 2.05) is 13.1 Å². The van der Waals surface area contributed by atoms with Gasteiger partial charge in [-0.05, 0) is 38.2 Å². The summed E-state index contributed by atoms with van der Waals surface area (Å²) in [5.41, 5.74) is 8.46. The van der Waals surface area contributed by atoms with Crippen LogP contribution in [0.3, 0.4) is 0 Å². The van der Waals surface area contributed by atoms with Gasteiger partial charge in [0, 0.05) is 17.4 Å². The van der Waals surface area contributed by atoms with Gasteiger partial charge in [-0.2, -0.15) is 0 Å². The van der Waals surface area contributed by atoms with Gasteiger partial charge in [-0.1, -0.05) is 0 Å². The molecule has 0 bridgehead atoms. The first-order valence-corrected chi connectivity index (χ1v) is 4.74. The minimum absolute atomic E-state index is 0.136. The predicted molar refractivity (Wildman–Crippen MR) is 51.2 cm³/mol. The molecule has 1 heterocycles. The summed E-state index contributed by atoms with van der Waals surface area (Å²) >= 11 is 0. The third-order valence-corrected chi connectivity index (χ3v) is 2.76. The van der Waals surface area contributed by atoms with Crippen LogP contribution in [-0.2, 0) is 6.42 Å². The van der Waals surface area contributed by atoms with Crippen LogP contribution in [0.4, 0.5) is 0 Å². The van der Waals surface area contributed by atoms with Crippen molar-refractivity contribution < 1.29 is 0 Å². The first-order valence-electron chi connectivity index (χ1n) is 4.74. The molecule has 0 spiro atoms. The molecule has 1 aromatic rings. The zero-order valence-corrected chi connectivity index (χ0v) is 7.95. The van der Waals surface area contributed by atoms with E-state index in [-0.39, 0.29) is 5.54 Å². The van der Waals surface area contributed by atoms with Crippen molar-refractivity contribution in [2.45, 2.75) is 38.1 Å². The van der Waals surface area contributed by atoms with E-state index in [9.17, 15) is 0 Å². The Morgan fingerprint density at radius 1 is 1.54 bits per heavy atom. The lowest BCUT2D eigenvalue weighted by atomic mass is 10.1. The molecular weight excluding hydrogens is 162 g/mol. The highest BCUT2D eigenvalue weighted by atomic mass is 14.8. The maximum atomic E-state index is 6.00. The van der Waals surface area contributed by atoms with Gasteiger partial charge in [-0.15, -0.1) is 0 Å². The van der Waals surface area contributed by atoms with Crippen LogP contribution < -0.4 is 5.73 Å². The minimum atomic E-state index is 0.136. The molecule has 1 aliphatic rings. The summed E-state index contributed by atoms with van der Waals surface area (Å²) in [7, 11) is 0. The Morgan fingerprint density at radius 2 is 2.31 bits per heavy atom. The van der Waals surface area contributed by atoms with E-state index in [4.69, 9.17) is 5.73 Å². The second-order valence-electron chi connectivity index (χ2n) is 4.01. The molecular formula is C10H15N3. The average molecular weight is 177 g/mol. The quantitative estimate of drug-likeness (QED) is 0.755. The summed E-state index contributed by atoms with van der Waals surface area (Å²) < 4.78 is 0. The van der Waals surface area contributed by atoms with Gasteiger partial charge < -0.3 is 5.73 Å². The minimum Gasteiger partial charge on any atom is -0.325 e. The van der Waals surface area contributed by atoms with Crippen LogP contribution in [0.1, 0.15) is 30.5 Å². The van der Waals surface area contributed by atoms with Gasteiger partial charge in [0.15, 0.2) is 0 Å². The molecule has 0 saturated heterocycles. The predicted octanol–water partition coefficient (Wildman–Crippen LogP) is 1.21. The largest absolute Gasteiger partial charge is 0.325 e. The van der Waals surface area contributed by atoms with Crippen molar-refractivity contribution in [3.8, 4) is 0 Å². The second-order valence-corrected chi connectivity index (χ2v) is 4.01. The van der Waals surface area contributed by atoms with Gasteiger partial charge >= 0.3 is 0 Å². The van der Waals surface area contributed by atoms with Crippen molar-refractivity contribution in [3.63, 3.8) is 0 Å². The molecule has 1 saturated carbocycles. The zero-order valence-electron chi connectivity index (χ0n) is 7.95. The summed E-state index contributed by atoms with van der Waals surface area (Å²) in [6.45, 7) is 2.05. The van der Waals surface area contributed by atoms with Crippen LogP contribution in [0, 0.1) is 6.92 Å². The number of nitrogens with two attached hydrogens (primary N) is 1. The van der Waals surface area contributed by atoms with Gasteiger partial charge in [0.1, 0.15) is 6.33 Å². The van der Waals surface area contributed by atoms with E-state index in [0.29, 0.717) is 0 Å². The Morgan fingerprint density at radius 3 is 2.92 bits per heavy atom. The van der Waals surface area contributed by atoms with Gasteiger partial charge in [0.05, 0.1) is 0 Å². The van der Waals surface area contributed by atoms with Crippen molar-refractivity contribution in [1.82, 2.24) is 9.97 Å². The lowest BCUT2D eigenvalue weighted by Gasteiger charge is -2.08. The van der Waals surface area contributed by atoms with E-state index in [0.717, 1.165) is 18.5 Å². The van der Waals surface area contributed by atoms with Crippen LogP contribution in [0.2, 0.25) is 0 Å². The number of nitrogens with zero attached hydrogens (tertiary/aromatic N) is 2. The fourth-order valence-electron chi connectivity index (χ4n) is 1.46. The fraction of sp³-hybridized carbons (Fsp3) is 0.600. The number of hydrogen-bond donors (Lipinski definition) is 1. The number of hydrogen-bond acceptors (Lipinski definition) is 3. The summed E-state index contributed by atoms with van der Waals surface area (Å²) in [4.78, 5) is 8.21. The van der Waals surface area contributed by atoms with Gasteiger partial charge in [0.2, 0.25) is 0 Å². The lowest BCUT2D eigenvalue weighted by molar-refractivity contribution is 0.601. The number of aryl methyl sites for hydroxylation is 2. The van der Waals surface area contributed by atoms with Crippen LogP contribution in [0.5, 0.6) is 0 Å². The van der Waals surface area contributed by atoms with Crippen LogP contribution in [0.15, 0.2) is 12.5 Å². The summed E-state index contributed by atoms with van der Waals surface area (Å²) in [5, 5.41) is 0. The molecule has 13 heavy (non-hydrogen) atoms. The van der Waals surface area contributed by atoms with Gasteiger partial charge in [-0.25, -0.2) is 9.97 Å². The molecule has 0 aromatic carbocycles. The van der Waals surface area contributed by atoms with E-state index in [1.54, 1.807) is 6.33 Å². The third kappa shape index (κ3) is 2.04. The Balaban J connectivity index is 1.97. The highest BCUT2D eigenvalue weighted by Crippen LogP contribution is 2.36. The Hall–Kier alpha value is -0.960. The standard InChI is InChI=1S/C10H15N3/c1-8-6-12-7-13-9(8)2-3-10(11)4-5-10/h6-7H,2-5,11H2,1H3. The molecule has 0 aliphatic heterocycles. The highest BCUT2D eigenvalue weighted by molar-refractivity contribution is 5.15. The van der Waals surface area contributed by atoms with E-state index in [1.165, 1.54) is 18.4 Å². The SMILES string of the molecule is Cc1cncnc1CCC1(N)CC1. The van der Waals surface area contributed by atoms with E-state index in [2.05, 4.69) is 9.97 Å². The molecule has 1 fully saturated rings. The molecule has 0 unspecified atom stereocenters. The lowest BCUT2D eigenvalue weighted by Crippen LogP contribution is -2.22. The Labute approximate surface area is 78.4 Å². The molecule has 2 N–H and O–H groups in total. The Kier molecular flexibility index (Phi) is 2.04. The normalized spacial score (nSPS) is 18.6. The van der Waals surface area contributed by atoms with Gasteiger partial charge in [0.25, 0.3) is 0 Å². The maximum absolute atomic E-state index is 6.00. The highest BCUT2D eigenvalue weighted by Gasteiger charge is 2.37. The summed E-state index contributed by atoms with van der Waals surface area (Å²) in [5.74, 6) is 0. The van der Waals surface area contributed by atoms with Gasteiger partial charge in [-0.3, -0.25) is 0 Å². The molecule has 0 radical (unpaired) electrons. The fourth-order valence-corrected chi connectivity index (χ4v) is 1.46. The molecule has 3 nitrogen and oxygen atoms in total. The van der Waals surface area contributed by atoms with Crippen molar-refractivity contribution in [1.29, 1.82) is 0 Å². The summed E-state index contributed by atoms with van der Waals surface area (Å²) in [6, 6.07) is 0. The van der Waals surface area contributed by atoms with Crippen molar-refractivity contribution in [3.05, 3.63) is 23.8 Å². The smallest absolute Gasteiger partial charge is 0.115 e. The first kappa shape index (κ1) is 8.63. The molecule has 70 valence electrons.